The van der Waals surface area contributed by atoms with E-state index < -0.39 is 34.0 Å². The number of primary amides is 1. The number of amides is 5. The molecule has 0 saturated carbocycles. The van der Waals surface area contributed by atoms with Crippen LogP contribution in [0.1, 0.15) is 70.7 Å². The van der Waals surface area contributed by atoms with Gasteiger partial charge in [0.1, 0.15) is 5.00 Å². The summed E-state index contributed by atoms with van der Waals surface area (Å²) in [5, 5.41) is 4.95. The molecule has 4 rings (SSSR count). The maximum atomic E-state index is 13.3. The molecule has 2 aliphatic rings. The molecule has 0 spiro atoms. The van der Waals surface area contributed by atoms with Crippen molar-refractivity contribution in [1.82, 2.24) is 14.5 Å². The molecule has 1 aromatic carbocycles. The third kappa shape index (κ3) is 6.13. The van der Waals surface area contributed by atoms with E-state index in [-0.39, 0.29) is 40.2 Å². The second-order valence-electron chi connectivity index (χ2n) is 9.55. The number of fused-ring (bicyclic) bond motifs is 1. The SMILES string of the molecule is CCOC(=O)N1CCc2c(sc(NC(=O)c3ccc(S(=O)(=O)N4CCCCC4CC)cc3)c2C(=O)NC(N)=O)C1. The number of ether oxygens (including phenoxy) is 1. The normalized spacial score (nSPS) is 17.6. The van der Waals surface area contributed by atoms with Crippen molar-refractivity contribution in [1.29, 1.82) is 0 Å². The molecule has 1 fully saturated rings. The first-order valence-corrected chi connectivity index (χ1v) is 15.4. The monoisotopic (exact) mass is 591 g/mol. The first kappa shape index (κ1) is 29.5. The predicted molar refractivity (Wildman–Crippen MR) is 149 cm³/mol. The molecular weight excluding hydrogens is 558 g/mol. The Kier molecular flexibility index (Phi) is 9.11. The highest BCUT2D eigenvalue weighted by Gasteiger charge is 2.33. The van der Waals surface area contributed by atoms with Crippen molar-refractivity contribution in [2.45, 2.75) is 63.4 Å². The number of urea groups is 1. The highest BCUT2D eigenvalue weighted by atomic mass is 32.2. The van der Waals surface area contributed by atoms with Crippen LogP contribution in [0.4, 0.5) is 14.6 Å². The van der Waals surface area contributed by atoms with Gasteiger partial charge in [-0.15, -0.1) is 11.3 Å². The second kappa shape index (κ2) is 12.4. The minimum absolute atomic E-state index is 0.0451. The van der Waals surface area contributed by atoms with E-state index >= 15 is 0 Å². The molecular formula is C26H33N5O7S2. The number of nitrogens with two attached hydrogens (primary N) is 1. The second-order valence-corrected chi connectivity index (χ2v) is 12.5. The van der Waals surface area contributed by atoms with Crippen LogP contribution in [0.15, 0.2) is 29.2 Å². The topological polar surface area (TPSA) is 168 Å². The van der Waals surface area contributed by atoms with E-state index in [9.17, 15) is 27.6 Å². The van der Waals surface area contributed by atoms with Gasteiger partial charge in [-0.05, 0) is 62.4 Å². The molecule has 1 saturated heterocycles. The van der Waals surface area contributed by atoms with Crippen LogP contribution in [0.25, 0.3) is 0 Å². The lowest BCUT2D eigenvalue weighted by Crippen LogP contribution is -2.43. The van der Waals surface area contributed by atoms with Crippen LogP contribution in [0.3, 0.4) is 0 Å². The molecule has 3 heterocycles. The van der Waals surface area contributed by atoms with Crippen molar-refractivity contribution >= 4 is 50.3 Å². The van der Waals surface area contributed by atoms with Gasteiger partial charge < -0.3 is 20.7 Å². The minimum atomic E-state index is -3.71. The maximum absolute atomic E-state index is 13.3. The van der Waals surface area contributed by atoms with Gasteiger partial charge in [0.15, 0.2) is 0 Å². The molecule has 216 valence electrons. The number of rotatable bonds is 7. The molecule has 0 bridgehead atoms. The van der Waals surface area contributed by atoms with Crippen molar-refractivity contribution < 1.29 is 32.3 Å². The van der Waals surface area contributed by atoms with Gasteiger partial charge in [0.2, 0.25) is 10.0 Å². The number of thiophene rings is 1. The quantitative estimate of drug-likeness (QED) is 0.444. The summed E-state index contributed by atoms with van der Waals surface area (Å²) in [7, 11) is -3.71. The van der Waals surface area contributed by atoms with Crippen molar-refractivity contribution in [2.75, 3.05) is 25.0 Å². The summed E-state index contributed by atoms with van der Waals surface area (Å²) < 4.78 is 33.2. The Labute approximate surface area is 236 Å². The molecule has 2 aliphatic heterocycles. The fourth-order valence-electron chi connectivity index (χ4n) is 5.06. The number of piperidine rings is 1. The number of carbonyl (C=O) groups is 4. The van der Waals surface area contributed by atoms with Crippen LogP contribution in [-0.4, -0.2) is 67.3 Å². The molecule has 0 radical (unpaired) electrons. The van der Waals surface area contributed by atoms with Crippen molar-refractivity contribution in [2.24, 2.45) is 5.73 Å². The van der Waals surface area contributed by atoms with E-state index in [1.807, 2.05) is 12.2 Å². The third-order valence-electron chi connectivity index (χ3n) is 7.04. The molecule has 14 heteroatoms. The highest BCUT2D eigenvalue weighted by Crippen LogP contribution is 2.38. The molecule has 5 amide bonds. The van der Waals surface area contributed by atoms with Crippen LogP contribution in [0.2, 0.25) is 0 Å². The Morgan fingerprint density at radius 1 is 1.07 bits per heavy atom. The Balaban J connectivity index is 1.57. The Hall–Kier alpha value is -3.49. The fraction of sp³-hybridized carbons (Fsp3) is 0.462. The number of imide groups is 1. The molecule has 1 atom stereocenters. The molecule has 40 heavy (non-hydrogen) atoms. The summed E-state index contributed by atoms with van der Waals surface area (Å²) in [4.78, 5) is 51.9. The van der Waals surface area contributed by atoms with Gasteiger partial charge in [0, 0.05) is 29.6 Å². The van der Waals surface area contributed by atoms with E-state index in [2.05, 4.69) is 5.32 Å². The number of hydrogen-bond acceptors (Lipinski definition) is 8. The number of nitrogens with zero attached hydrogens (tertiary/aromatic N) is 2. The lowest BCUT2D eigenvalue weighted by Gasteiger charge is -2.34. The standard InChI is InChI=1S/C26H33N5O7S2/c1-3-17-7-5-6-13-31(17)40(36,37)18-10-8-16(9-11-18)22(32)28-24-21(23(33)29-25(27)34)19-12-14-30(15-20(19)39-24)26(35)38-4-2/h8-11,17H,3-7,12-15H2,1-2H3,(H,28,32)(H3,27,29,33,34). The smallest absolute Gasteiger partial charge is 0.410 e. The van der Waals surface area contributed by atoms with Crippen molar-refractivity contribution in [3.8, 4) is 0 Å². The van der Waals surface area contributed by atoms with E-state index in [1.54, 1.807) is 11.2 Å². The predicted octanol–water partition coefficient (Wildman–Crippen LogP) is 3.28. The molecule has 4 N–H and O–H groups in total. The molecule has 1 aromatic heterocycles. The van der Waals surface area contributed by atoms with Gasteiger partial charge in [-0.3, -0.25) is 14.9 Å². The Morgan fingerprint density at radius 3 is 2.45 bits per heavy atom. The first-order valence-electron chi connectivity index (χ1n) is 13.2. The Bertz CT molecular complexity index is 1410. The summed E-state index contributed by atoms with van der Waals surface area (Å²) in [6.45, 7) is 4.83. The largest absolute Gasteiger partial charge is 0.450 e. The lowest BCUT2D eigenvalue weighted by molar-refractivity contribution is 0.0965. The number of sulfonamides is 1. The molecule has 2 aromatic rings. The zero-order chi connectivity index (χ0) is 29.0. The average Bonchev–Trinajstić information content (AvgIpc) is 3.29. The summed E-state index contributed by atoms with van der Waals surface area (Å²) in [5.41, 5.74) is 6.05. The summed E-state index contributed by atoms with van der Waals surface area (Å²) in [5.74, 6) is -1.33. The van der Waals surface area contributed by atoms with E-state index in [4.69, 9.17) is 10.5 Å². The van der Waals surface area contributed by atoms with E-state index in [0.29, 0.717) is 30.0 Å². The molecule has 1 unspecified atom stereocenters. The van der Waals surface area contributed by atoms with Crippen molar-refractivity contribution in [3.05, 3.63) is 45.8 Å². The van der Waals surface area contributed by atoms with Crippen LogP contribution < -0.4 is 16.4 Å². The highest BCUT2D eigenvalue weighted by molar-refractivity contribution is 7.89. The summed E-state index contributed by atoms with van der Waals surface area (Å²) >= 11 is 1.11. The van der Waals surface area contributed by atoms with E-state index in [1.165, 1.54) is 29.2 Å². The van der Waals surface area contributed by atoms with Gasteiger partial charge >= 0.3 is 12.1 Å². The van der Waals surface area contributed by atoms with Crippen LogP contribution in [0.5, 0.6) is 0 Å². The van der Waals surface area contributed by atoms with Gasteiger partial charge in [-0.2, -0.15) is 4.31 Å². The number of benzene rings is 1. The lowest BCUT2D eigenvalue weighted by atomic mass is 10.0. The zero-order valence-corrected chi connectivity index (χ0v) is 24.0. The van der Waals surface area contributed by atoms with Gasteiger partial charge in [-0.1, -0.05) is 13.3 Å². The van der Waals surface area contributed by atoms with Gasteiger partial charge in [-0.25, -0.2) is 18.0 Å². The van der Waals surface area contributed by atoms with Crippen molar-refractivity contribution in [3.63, 3.8) is 0 Å². The first-order chi connectivity index (χ1) is 19.1. The van der Waals surface area contributed by atoms with Crippen LogP contribution in [0, 0.1) is 0 Å². The fourth-order valence-corrected chi connectivity index (χ4v) is 8.09. The van der Waals surface area contributed by atoms with Gasteiger partial charge in [0.05, 0.1) is 23.6 Å². The number of hydrogen-bond donors (Lipinski definition) is 3. The Morgan fingerprint density at radius 2 is 1.80 bits per heavy atom. The van der Waals surface area contributed by atoms with Gasteiger partial charge in [0.25, 0.3) is 11.8 Å². The summed E-state index contributed by atoms with van der Waals surface area (Å²) in [6, 6.07) is 4.57. The maximum Gasteiger partial charge on any atom is 0.410 e. The minimum Gasteiger partial charge on any atom is -0.450 e. The van der Waals surface area contributed by atoms with Crippen LogP contribution in [-0.2, 0) is 27.7 Å². The molecule has 0 aliphatic carbocycles. The zero-order valence-electron chi connectivity index (χ0n) is 22.4. The molecule has 12 nitrogen and oxygen atoms in total. The number of anilines is 1. The van der Waals surface area contributed by atoms with E-state index in [0.717, 1.165) is 37.0 Å². The number of nitrogens with one attached hydrogen (secondary N) is 2. The average molecular weight is 592 g/mol. The number of carbonyl (C=O) groups excluding carboxylic acids is 4. The summed E-state index contributed by atoms with van der Waals surface area (Å²) in [6.07, 6.45) is 3.18. The third-order valence-corrected chi connectivity index (χ3v) is 10.1. The van der Waals surface area contributed by atoms with Crippen LogP contribution >= 0.6 is 11.3 Å².